The quantitative estimate of drug-likeness (QED) is 0.841. The molecule has 1 fully saturated rings. The van der Waals surface area contributed by atoms with E-state index in [2.05, 4.69) is 28.2 Å². The van der Waals surface area contributed by atoms with Crippen molar-refractivity contribution in [1.29, 1.82) is 0 Å². The molecule has 0 radical (unpaired) electrons. The summed E-state index contributed by atoms with van der Waals surface area (Å²) >= 11 is 3.38. The topological polar surface area (TPSA) is 55.1 Å². The molecule has 0 aliphatic heterocycles. The Morgan fingerprint density at radius 3 is 2.67 bits per heavy atom. The third-order valence-electron chi connectivity index (χ3n) is 4.02. The molecule has 0 unspecified atom stereocenters. The zero-order valence-electron chi connectivity index (χ0n) is 10.8. The van der Waals surface area contributed by atoms with E-state index in [4.69, 9.17) is 5.73 Å². The summed E-state index contributed by atoms with van der Waals surface area (Å²) in [5.74, 6) is -0.0120. The summed E-state index contributed by atoms with van der Waals surface area (Å²) in [7, 11) is 0. The molecule has 18 heavy (non-hydrogen) atoms. The van der Waals surface area contributed by atoms with Gasteiger partial charge in [-0.2, -0.15) is 0 Å². The maximum Gasteiger partial charge on any atom is 0.252 e. The predicted molar refractivity (Wildman–Crippen MR) is 77.6 cm³/mol. The van der Waals surface area contributed by atoms with Gasteiger partial charge < -0.3 is 11.1 Å². The van der Waals surface area contributed by atoms with Gasteiger partial charge in [-0.05, 0) is 50.3 Å². The van der Waals surface area contributed by atoms with Crippen LogP contribution in [0.25, 0.3) is 0 Å². The Hall–Kier alpha value is -1.03. The minimum Gasteiger partial charge on any atom is -0.398 e. The van der Waals surface area contributed by atoms with Gasteiger partial charge in [0.05, 0.1) is 0 Å². The van der Waals surface area contributed by atoms with Crippen molar-refractivity contribution < 1.29 is 4.79 Å². The number of anilines is 1. The molecule has 0 aromatic heterocycles. The second kappa shape index (κ2) is 4.92. The van der Waals surface area contributed by atoms with Crippen LogP contribution in [0, 0.1) is 6.92 Å². The molecule has 98 valence electrons. The van der Waals surface area contributed by atoms with E-state index >= 15 is 0 Å². The SMILES string of the molecule is CCC1(NC(=O)c2cc(Br)cc(N)c2C)CCC1. The fraction of sp³-hybridized carbons (Fsp3) is 0.500. The maximum atomic E-state index is 12.3. The highest BCUT2D eigenvalue weighted by Gasteiger charge is 2.36. The minimum atomic E-state index is -0.0120. The van der Waals surface area contributed by atoms with Crippen molar-refractivity contribution in [2.75, 3.05) is 5.73 Å². The van der Waals surface area contributed by atoms with Crippen LogP contribution in [0.15, 0.2) is 16.6 Å². The van der Waals surface area contributed by atoms with Crippen LogP contribution in [-0.4, -0.2) is 11.4 Å². The molecule has 0 atom stereocenters. The molecule has 2 rings (SSSR count). The van der Waals surface area contributed by atoms with Gasteiger partial charge in [0.2, 0.25) is 0 Å². The number of hydrogen-bond acceptors (Lipinski definition) is 2. The third kappa shape index (κ3) is 2.39. The van der Waals surface area contributed by atoms with Gasteiger partial charge in [-0.25, -0.2) is 0 Å². The number of benzene rings is 1. The van der Waals surface area contributed by atoms with E-state index in [0.29, 0.717) is 11.3 Å². The van der Waals surface area contributed by atoms with E-state index in [1.54, 1.807) is 0 Å². The van der Waals surface area contributed by atoms with Gasteiger partial charge in [0.15, 0.2) is 0 Å². The van der Waals surface area contributed by atoms with Gasteiger partial charge in [0, 0.05) is 21.3 Å². The van der Waals surface area contributed by atoms with Crippen molar-refractivity contribution >= 4 is 27.5 Å². The number of nitrogen functional groups attached to an aromatic ring is 1. The number of nitrogens with one attached hydrogen (secondary N) is 1. The van der Waals surface area contributed by atoms with Crippen LogP contribution >= 0.6 is 15.9 Å². The lowest BCUT2D eigenvalue weighted by Gasteiger charge is -2.42. The van der Waals surface area contributed by atoms with Crippen LogP contribution in [0.1, 0.15) is 48.5 Å². The highest BCUT2D eigenvalue weighted by Crippen LogP contribution is 2.35. The lowest BCUT2D eigenvalue weighted by molar-refractivity contribution is 0.0820. The van der Waals surface area contributed by atoms with Crippen LogP contribution in [-0.2, 0) is 0 Å². The van der Waals surface area contributed by atoms with Gasteiger partial charge in [-0.1, -0.05) is 22.9 Å². The van der Waals surface area contributed by atoms with E-state index in [0.717, 1.165) is 29.3 Å². The Morgan fingerprint density at radius 1 is 1.50 bits per heavy atom. The van der Waals surface area contributed by atoms with E-state index < -0.39 is 0 Å². The summed E-state index contributed by atoms with van der Waals surface area (Å²) in [6, 6.07) is 3.66. The van der Waals surface area contributed by atoms with Crippen molar-refractivity contribution in [3.63, 3.8) is 0 Å². The number of halogens is 1. The van der Waals surface area contributed by atoms with Gasteiger partial charge >= 0.3 is 0 Å². The fourth-order valence-electron chi connectivity index (χ4n) is 2.41. The molecule has 1 aromatic rings. The molecule has 3 nitrogen and oxygen atoms in total. The van der Waals surface area contributed by atoms with Crippen molar-refractivity contribution in [2.45, 2.75) is 45.1 Å². The molecular weight excluding hydrogens is 292 g/mol. The second-order valence-corrected chi connectivity index (χ2v) is 6.02. The Balaban J connectivity index is 2.24. The average molecular weight is 311 g/mol. The largest absolute Gasteiger partial charge is 0.398 e. The minimum absolute atomic E-state index is 0.0120. The van der Waals surface area contributed by atoms with E-state index in [1.165, 1.54) is 6.42 Å². The molecule has 4 heteroatoms. The summed E-state index contributed by atoms with van der Waals surface area (Å²) < 4.78 is 0.843. The standard InChI is InChI=1S/C14H19BrN2O/c1-3-14(5-4-6-14)17-13(18)11-7-10(15)8-12(16)9(11)2/h7-8H,3-6,16H2,1-2H3,(H,17,18). The first kappa shape index (κ1) is 13.4. The summed E-state index contributed by atoms with van der Waals surface area (Å²) in [6.07, 6.45) is 4.35. The van der Waals surface area contributed by atoms with E-state index in [1.807, 2.05) is 19.1 Å². The molecule has 1 aliphatic rings. The second-order valence-electron chi connectivity index (χ2n) is 5.11. The average Bonchev–Trinajstić information content (AvgIpc) is 2.28. The smallest absolute Gasteiger partial charge is 0.252 e. The Kier molecular flexibility index (Phi) is 3.66. The van der Waals surface area contributed by atoms with Gasteiger partial charge in [-0.15, -0.1) is 0 Å². The van der Waals surface area contributed by atoms with Crippen LogP contribution < -0.4 is 11.1 Å². The van der Waals surface area contributed by atoms with Crippen molar-refractivity contribution in [3.05, 3.63) is 27.7 Å². The molecular formula is C14H19BrN2O. The predicted octanol–water partition coefficient (Wildman–Crippen LogP) is 3.40. The Labute approximate surface area is 116 Å². The zero-order valence-corrected chi connectivity index (χ0v) is 12.4. The molecule has 1 amide bonds. The summed E-state index contributed by atoms with van der Waals surface area (Å²) in [4.78, 5) is 12.3. The van der Waals surface area contributed by atoms with Crippen molar-refractivity contribution in [1.82, 2.24) is 5.32 Å². The van der Waals surface area contributed by atoms with Crippen LogP contribution in [0.3, 0.4) is 0 Å². The first-order valence-corrected chi connectivity index (χ1v) is 7.15. The van der Waals surface area contributed by atoms with Gasteiger partial charge in [0.1, 0.15) is 0 Å². The molecule has 0 spiro atoms. The highest BCUT2D eigenvalue weighted by atomic mass is 79.9. The highest BCUT2D eigenvalue weighted by molar-refractivity contribution is 9.10. The molecule has 0 bridgehead atoms. The van der Waals surface area contributed by atoms with Crippen LogP contribution in [0.2, 0.25) is 0 Å². The molecule has 1 aliphatic carbocycles. The number of hydrogen-bond donors (Lipinski definition) is 2. The first-order valence-electron chi connectivity index (χ1n) is 6.35. The Morgan fingerprint density at radius 2 is 2.17 bits per heavy atom. The Bertz CT molecular complexity index is 475. The summed E-state index contributed by atoms with van der Waals surface area (Å²) in [5, 5.41) is 3.18. The number of rotatable bonds is 3. The van der Waals surface area contributed by atoms with Gasteiger partial charge in [-0.3, -0.25) is 4.79 Å². The van der Waals surface area contributed by atoms with Crippen LogP contribution in [0.5, 0.6) is 0 Å². The number of nitrogens with two attached hydrogens (primary N) is 1. The fourth-order valence-corrected chi connectivity index (χ4v) is 2.89. The van der Waals surface area contributed by atoms with Gasteiger partial charge in [0.25, 0.3) is 5.91 Å². The molecule has 1 saturated carbocycles. The number of amides is 1. The first-order chi connectivity index (χ1) is 8.47. The van der Waals surface area contributed by atoms with E-state index in [9.17, 15) is 4.79 Å². The number of carbonyl (C=O) groups is 1. The summed E-state index contributed by atoms with van der Waals surface area (Å²) in [6.45, 7) is 4.01. The third-order valence-corrected chi connectivity index (χ3v) is 4.48. The monoisotopic (exact) mass is 310 g/mol. The van der Waals surface area contributed by atoms with Crippen LogP contribution in [0.4, 0.5) is 5.69 Å². The molecule has 3 N–H and O–H groups in total. The summed E-state index contributed by atoms with van der Waals surface area (Å²) in [5.41, 5.74) is 8.07. The zero-order chi connectivity index (χ0) is 13.3. The van der Waals surface area contributed by atoms with Crippen molar-refractivity contribution in [3.8, 4) is 0 Å². The lowest BCUT2D eigenvalue weighted by atomic mass is 9.74. The van der Waals surface area contributed by atoms with E-state index in [-0.39, 0.29) is 11.4 Å². The molecule has 1 aromatic carbocycles. The number of carbonyl (C=O) groups excluding carboxylic acids is 1. The molecule has 0 saturated heterocycles. The maximum absolute atomic E-state index is 12.3. The van der Waals surface area contributed by atoms with Crippen molar-refractivity contribution in [2.24, 2.45) is 0 Å². The normalized spacial score (nSPS) is 17.1. The molecule has 0 heterocycles. The lowest BCUT2D eigenvalue weighted by Crippen LogP contribution is -2.53.